The van der Waals surface area contributed by atoms with Gasteiger partial charge in [0.05, 0.1) is 29.4 Å². The molecule has 0 aliphatic heterocycles. The van der Waals surface area contributed by atoms with Gasteiger partial charge < -0.3 is 10.5 Å². The maximum absolute atomic E-state index is 6.11. The molecule has 3 rings (SSSR count). The first-order valence-electron chi connectivity index (χ1n) is 7.35. The molecule has 2 heterocycles. The summed E-state index contributed by atoms with van der Waals surface area (Å²) in [7, 11) is 0. The van der Waals surface area contributed by atoms with Crippen LogP contribution >= 0.6 is 0 Å². The molecule has 0 amide bonds. The van der Waals surface area contributed by atoms with Crippen LogP contribution in [0.5, 0.6) is 5.75 Å². The van der Waals surface area contributed by atoms with E-state index in [2.05, 4.69) is 15.2 Å². The van der Waals surface area contributed by atoms with Crippen molar-refractivity contribution in [2.75, 3.05) is 6.61 Å². The Morgan fingerprint density at radius 3 is 2.64 bits per heavy atom. The summed E-state index contributed by atoms with van der Waals surface area (Å²) in [6, 6.07) is 7.98. The number of aromatic nitrogens is 3. The molecule has 3 aromatic rings. The summed E-state index contributed by atoms with van der Waals surface area (Å²) in [6.07, 6.45) is 3.60. The molecule has 0 saturated carbocycles. The number of ether oxygens (including phenoxy) is 1. The van der Waals surface area contributed by atoms with E-state index < -0.39 is 5.54 Å². The van der Waals surface area contributed by atoms with Gasteiger partial charge >= 0.3 is 0 Å². The fourth-order valence-corrected chi connectivity index (χ4v) is 2.43. The topological polar surface area (TPSA) is 76.8 Å². The molecular weight excluding hydrogens is 276 g/mol. The zero-order valence-corrected chi connectivity index (χ0v) is 13.1. The lowest BCUT2D eigenvalue weighted by Crippen LogP contribution is -2.28. The number of pyridine rings is 1. The Balaban J connectivity index is 2.11. The van der Waals surface area contributed by atoms with E-state index in [4.69, 9.17) is 10.5 Å². The van der Waals surface area contributed by atoms with Crippen molar-refractivity contribution in [2.45, 2.75) is 26.3 Å². The van der Waals surface area contributed by atoms with Crippen molar-refractivity contribution in [1.29, 1.82) is 0 Å². The Morgan fingerprint density at radius 1 is 1.18 bits per heavy atom. The summed E-state index contributed by atoms with van der Waals surface area (Å²) in [5, 5.41) is 8.00. The zero-order chi connectivity index (χ0) is 15.7. The highest BCUT2D eigenvalue weighted by molar-refractivity contribution is 5.92. The van der Waals surface area contributed by atoms with E-state index in [1.54, 1.807) is 6.20 Å². The predicted octanol–water partition coefficient (Wildman–Crippen LogP) is 3.22. The van der Waals surface area contributed by atoms with E-state index in [1.165, 1.54) is 0 Å². The van der Waals surface area contributed by atoms with Gasteiger partial charge in [-0.15, -0.1) is 0 Å². The Kier molecular flexibility index (Phi) is 3.58. The number of rotatable bonds is 4. The van der Waals surface area contributed by atoms with Crippen LogP contribution in [0.4, 0.5) is 0 Å². The molecule has 0 bridgehead atoms. The maximum Gasteiger partial charge on any atom is 0.139 e. The third-order valence-electron chi connectivity index (χ3n) is 3.65. The van der Waals surface area contributed by atoms with Gasteiger partial charge in [0, 0.05) is 17.3 Å². The monoisotopic (exact) mass is 296 g/mol. The van der Waals surface area contributed by atoms with Crippen LogP contribution in [-0.4, -0.2) is 21.8 Å². The first-order valence-corrected chi connectivity index (χ1v) is 7.35. The Labute approximate surface area is 129 Å². The summed E-state index contributed by atoms with van der Waals surface area (Å²) in [4.78, 5) is 4.56. The minimum absolute atomic E-state index is 0.400. The normalized spacial score (nSPS) is 11.8. The van der Waals surface area contributed by atoms with Gasteiger partial charge in [-0.3, -0.25) is 10.1 Å². The molecule has 22 heavy (non-hydrogen) atoms. The van der Waals surface area contributed by atoms with E-state index in [1.807, 2.05) is 51.2 Å². The predicted molar refractivity (Wildman–Crippen MR) is 87.7 cm³/mol. The molecule has 3 N–H and O–H groups in total. The van der Waals surface area contributed by atoms with E-state index in [0.29, 0.717) is 6.61 Å². The third kappa shape index (κ3) is 2.55. The van der Waals surface area contributed by atoms with Crippen LogP contribution in [0.15, 0.2) is 36.7 Å². The smallest absolute Gasteiger partial charge is 0.139 e. The largest absolute Gasteiger partial charge is 0.492 e. The molecule has 0 atom stereocenters. The van der Waals surface area contributed by atoms with Crippen LogP contribution in [0.1, 0.15) is 26.3 Å². The SMILES string of the molecule is CCOc1c(-c2ccc(C(C)(C)N)cn2)ccc2[nH]ncc12. The van der Waals surface area contributed by atoms with Gasteiger partial charge in [-0.25, -0.2) is 0 Å². The van der Waals surface area contributed by atoms with E-state index >= 15 is 0 Å². The number of benzene rings is 1. The van der Waals surface area contributed by atoms with Crippen molar-refractivity contribution in [1.82, 2.24) is 15.2 Å². The average molecular weight is 296 g/mol. The fraction of sp³-hybridized carbons (Fsp3) is 0.294. The Bertz CT molecular complexity index is 785. The van der Waals surface area contributed by atoms with Gasteiger partial charge in [0.1, 0.15) is 5.75 Å². The number of hydrogen-bond acceptors (Lipinski definition) is 4. The molecule has 0 radical (unpaired) electrons. The number of hydrogen-bond donors (Lipinski definition) is 2. The molecule has 0 aliphatic rings. The van der Waals surface area contributed by atoms with Gasteiger partial charge in [-0.1, -0.05) is 6.07 Å². The maximum atomic E-state index is 6.11. The minimum atomic E-state index is -0.400. The van der Waals surface area contributed by atoms with E-state index in [9.17, 15) is 0 Å². The number of nitrogens with two attached hydrogens (primary N) is 1. The van der Waals surface area contributed by atoms with Gasteiger partial charge in [0.2, 0.25) is 0 Å². The molecule has 0 fully saturated rings. The third-order valence-corrected chi connectivity index (χ3v) is 3.65. The number of aromatic amines is 1. The molecule has 114 valence electrons. The van der Waals surface area contributed by atoms with Gasteiger partial charge in [0.25, 0.3) is 0 Å². The Morgan fingerprint density at radius 2 is 2.00 bits per heavy atom. The highest BCUT2D eigenvalue weighted by Gasteiger charge is 2.16. The minimum Gasteiger partial charge on any atom is -0.492 e. The molecule has 1 aromatic carbocycles. The number of nitrogens with one attached hydrogen (secondary N) is 1. The zero-order valence-electron chi connectivity index (χ0n) is 13.1. The van der Waals surface area contributed by atoms with Crippen molar-refractivity contribution in [3.63, 3.8) is 0 Å². The molecule has 0 aliphatic carbocycles. The average Bonchev–Trinajstić information content (AvgIpc) is 2.96. The fourth-order valence-electron chi connectivity index (χ4n) is 2.43. The van der Waals surface area contributed by atoms with Crippen LogP contribution in [-0.2, 0) is 5.54 Å². The van der Waals surface area contributed by atoms with Gasteiger partial charge in [0.15, 0.2) is 0 Å². The molecule has 0 unspecified atom stereocenters. The number of nitrogens with zero attached hydrogens (tertiary/aromatic N) is 2. The van der Waals surface area contributed by atoms with Crippen LogP contribution in [0.25, 0.3) is 22.2 Å². The quantitative estimate of drug-likeness (QED) is 0.775. The highest BCUT2D eigenvalue weighted by Crippen LogP contribution is 2.35. The summed E-state index contributed by atoms with van der Waals surface area (Å²) >= 11 is 0. The van der Waals surface area contributed by atoms with E-state index in [0.717, 1.165) is 33.5 Å². The van der Waals surface area contributed by atoms with Crippen LogP contribution in [0.3, 0.4) is 0 Å². The molecule has 0 spiro atoms. The van der Waals surface area contributed by atoms with E-state index in [-0.39, 0.29) is 0 Å². The van der Waals surface area contributed by atoms with Crippen molar-refractivity contribution >= 4 is 10.9 Å². The summed E-state index contributed by atoms with van der Waals surface area (Å²) in [6.45, 7) is 6.49. The van der Waals surface area contributed by atoms with Gasteiger partial charge in [-0.05, 0) is 44.5 Å². The number of fused-ring (bicyclic) bond motifs is 1. The second kappa shape index (κ2) is 5.42. The van der Waals surface area contributed by atoms with Crippen LogP contribution in [0.2, 0.25) is 0 Å². The second-order valence-electron chi connectivity index (χ2n) is 5.86. The summed E-state index contributed by atoms with van der Waals surface area (Å²) in [5.74, 6) is 0.806. The molecule has 0 saturated heterocycles. The lowest BCUT2D eigenvalue weighted by Gasteiger charge is -2.19. The lowest BCUT2D eigenvalue weighted by molar-refractivity contribution is 0.345. The summed E-state index contributed by atoms with van der Waals surface area (Å²) in [5.41, 5.74) is 9.47. The highest BCUT2D eigenvalue weighted by atomic mass is 16.5. The van der Waals surface area contributed by atoms with Crippen molar-refractivity contribution in [3.05, 3.63) is 42.2 Å². The van der Waals surface area contributed by atoms with Crippen molar-refractivity contribution in [2.24, 2.45) is 5.73 Å². The first-order chi connectivity index (χ1) is 10.5. The van der Waals surface area contributed by atoms with Crippen LogP contribution < -0.4 is 10.5 Å². The second-order valence-corrected chi connectivity index (χ2v) is 5.86. The first kappa shape index (κ1) is 14.5. The molecule has 5 nitrogen and oxygen atoms in total. The molecule has 2 aromatic heterocycles. The lowest BCUT2D eigenvalue weighted by atomic mass is 9.96. The Hall–Kier alpha value is -2.40. The van der Waals surface area contributed by atoms with Gasteiger partial charge in [-0.2, -0.15) is 5.10 Å². The van der Waals surface area contributed by atoms with Crippen LogP contribution in [0, 0.1) is 0 Å². The van der Waals surface area contributed by atoms with Crippen molar-refractivity contribution < 1.29 is 4.74 Å². The molecule has 5 heteroatoms. The van der Waals surface area contributed by atoms with Crippen molar-refractivity contribution in [3.8, 4) is 17.0 Å². The summed E-state index contributed by atoms with van der Waals surface area (Å²) < 4.78 is 5.84. The molecular formula is C17H20N4O. The number of H-pyrrole nitrogens is 1. The standard InChI is InChI=1S/C17H20N4O/c1-4-22-16-12(6-8-15-13(16)10-20-21-15)14-7-5-11(9-19-14)17(2,3)18/h5-10H,4,18H2,1-3H3,(H,20,21).